The van der Waals surface area contributed by atoms with Crippen LogP contribution in [0.25, 0.3) is 16.9 Å². The number of carbonyl (C=O) groups excluding carboxylic acids is 2. The van der Waals surface area contributed by atoms with Gasteiger partial charge in [-0.1, -0.05) is 0 Å². The minimum absolute atomic E-state index is 0.0311. The van der Waals surface area contributed by atoms with Gasteiger partial charge in [0.2, 0.25) is 5.91 Å². The van der Waals surface area contributed by atoms with Crippen LogP contribution < -0.4 is 10.6 Å². The first-order chi connectivity index (χ1) is 16.9. The van der Waals surface area contributed by atoms with E-state index in [4.69, 9.17) is 1.37 Å². The van der Waals surface area contributed by atoms with Gasteiger partial charge in [0.15, 0.2) is 11.5 Å². The number of hydrogen-bond donors (Lipinski definition) is 2. The molecule has 0 saturated carbocycles. The Morgan fingerprint density at radius 1 is 1.17 bits per heavy atom. The molecule has 4 aromatic rings. The van der Waals surface area contributed by atoms with E-state index in [1.54, 1.807) is 12.1 Å². The van der Waals surface area contributed by atoms with Gasteiger partial charge in [-0.3, -0.25) is 14.6 Å². The van der Waals surface area contributed by atoms with E-state index in [0.717, 1.165) is 0 Å². The number of anilines is 1. The molecular weight excluding hydrogens is 468 g/mol. The number of rotatable bonds is 5. The average Bonchev–Trinajstić information content (AvgIpc) is 3.19. The van der Waals surface area contributed by atoms with Gasteiger partial charge in [-0.2, -0.15) is 18.3 Å². The quantitative estimate of drug-likeness (QED) is 0.412. The van der Waals surface area contributed by atoms with Crippen molar-refractivity contribution in [2.24, 2.45) is 0 Å². The fourth-order valence-corrected chi connectivity index (χ4v) is 3.23. The smallest absolute Gasteiger partial charge is 0.348 e. The maximum atomic E-state index is 14.1. The number of imidazole rings is 1. The van der Waals surface area contributed by atoms with E-state index >= 15 is 0 Å². The van der Waals surface area contributed by atoms with E-state index in [1.807, 2.05) is 0 Å². The van der Waals surface area contributed by atoms with E-state index in [9.17, 15) is 27.2 Å². The summed E-state index contributed by atoms with van der Waals surface area (Å²) in [6.07, 6.45) is -1.76. The summed E-state index contributed by atoms with van der Waals surface area (Å²) in [5.41, 5.74) is -0.152. The molecule has 0 saturated heterocycles. The molecule has 0 bridgehead atoms. The Kier molecular flexibility index (Phi) is 5.85. The number of pyridine rings is 1. The fraction of sp³-hybridized carbons (Fsp3) is 0.174. The lowest BCUT2D eigenvalue weighted by Crippen LogP contribution is -2.25. The van der Waals surface area contributed by atoms with Crippen molar-refractivity contribution in [3.05, 3.63) is 77.0 Å². The van der Waals surface area contributed by atoms with Crippen LogP contribution in [0.4, 0.5) is 23.4 Å². The van der Waals surface area contributed by atoms with Gasteiger partial charge < -0.3 is 10.6 Å². The summed E-state index contributed by atoms with van der Waals surface area (Å²) in [7, 11) is 0. The van der Waals surface area contributed by atoms with E-state index in [2.05, 4.69) is 25.7 Å². The Labute approximate surface area is 197 Å². The predicted octanol–water partition coefficient (Wildman–Crippen LogP) is 4.15. The summed E-state index contributed by atoms with van der Waals surface area (Å²) < 4.78 is 62.6. The predicted molar refractivity (Wildman–Crippen MR) is 118 cm³/mol. The van der Waals surface area contributed by atoms with Gasteiger partial charge in [0.05, 0.1) is 30.1 Å². The van der Waals surface area contributed by atoms with Crippen LogP contribution in [0.3, 0.4) is 0 Å². The van der Waals surface area contributed by atoms with Crippen LogP contribution in [0.15, 0.2) is 48.8 Å². The summed E-state index contributed by atoms with van der Waals surface area (Å²) in [5, 5.41) is 9.15. The Hall–Kier alpha value is -4.35. The zero-order chi connectivity index (χ0) is 26.2. The number of aromatic nitrogens is 4. The molecule has 0 aliphatic rings. The maximum Gasteiger partial charge on any atom is 0.416 e. The number of nitrogens with one attached hydrogen (secondary N) is 2. The van der Waals surface area contributed by atoms with E-state index in [1.165, 1.54) is 36.8 Å². The van der Waals surface area contributed by atoms with Crippen LogP contribution in [0.5, 0.6) is 0 Å². The lowest BCUT2D eigenvalue weighted by Gasteiger charge is -2.12. The Morgan fingerprint density at radius 2 is 1.94 bits per heavy atom. The molecule has 35 heavy (non-hydrogen) atoms. The van der Waals surface area contributed by atoms with Crippen LogP contribution in [0, 0.1) is 12.7 Å². The summed E-state index contributed by atoms with van der Waals surface area (Å²) in [6, 6.07) is 6.38. The summed E-state index contributed by atoms with van der Waals surface area (Å²) in [6.45, 7) is 1.08. The summed E-state index contributed by atoms with van der Waals surface area (Å²) in [4.78, 5) is 32.5. The van der Waals surface area contributed by atoms with Crippen molar-refractivity contribution < 1.29 is 28.5 Å². The number of carbonyl (C=O) groups is 2. The number of benzene rings is 1. The second-order valence-electron chi connectivity index (χ2n) is 7.54. The molecule has 0 aliphatic heterocycles. The van der Waals surface area contributed by atoms with Gasteiger partial charge >= 0.3 is 6.18 Å². The minimum Gasteiger partial charge on any atom is -0.348 e. The summed E-state index contributed by atoms with van der Waals surface area (Å²) in [5.74, 6) is -1.87. The van der Waals surface area contributed by atoms with Crippen molar-refractivity contribution in [2.75, 3.05) is 5.32 Å². The first-order valence-corrected chi connectivity index (χ1v) is 10.1. The Balaban J connectivity index is 1.60. The van der Waals surface area contributed by atoms with E-state index < -0.39 is 35.5 Å². The van der Waals surface area contributed by atoms with Crippen molar-refractivity contribution in [1.29, 1.82) is 0 Å². The molecule has 0 aliphatic carbocycles. The highest BCUT2D eigenvalue weighted by Crippen LogP contribution is 2.30. The normalized spacial score (nSPS) is 12.8. The molecule has 8 nitrogen and oxygen atoms in total. The molecule has 3 heterocycles. The maximum absolute atomic E-state index is 14.1. The molecule has 0 spiro atoms. The molecule has 0 radical (unpaired) electrons. The third kappa shape index (κ3) is 5.26. The molecule has 1 atom stereocenters. The SMILES string of the molecule is [2H]C(NC(=O)c1cc(-c2ccc3nc(NC(C)=O)cn3n2)cnc1C)c1cc(C(F)(F)F)ccc1F. The molecule has 12 heteroatoms. The monoisotopic (exact) mass is 487 g/mol. The van der Waals surface area contributed by atoms with Crippen LogP contribution in [-0.4, -0.2) is 31.4 Å². The van der Waals surface area contributed by atoms with Gasteiger partial charge in [0.25, 0.3) is 5.91 Å². The fourth-order valence-electron chi connectivity index (χ4n) is 3.23. The van der Waals surface area contributed by atoms with Crippen molar-refractivity contribution in [3.63, 3.8) is 0 Å². The molecule has 180 valence electrons. The van der Waals surface area contributed by atoms with E-state index in [0.29, 0.717) is 40.9 Å². The standard InChI is InChI=1S/C23H18F4N6O2/c1-12-17(22(35)29-9-14-7-16(23(25,26)27)3-4-18(14)24)8-15(10-28-12)19-5-6-21-31-20(30-13(2)34)11-33(21)32-19/h3-8,10-11H,9H2,1-2H3,(H,29,35)(H,30,34)/i9D. The number of alkyl halides is 3. The van der Waals surface area contributed by atoms with Crippen LogP contribution in [-0.2, 0) is 17.5 Å². The van der Waals surface area contributed by atoms with Crippen LogP contribution >= 0.6 is 0 Å². The van der Waals surface area contributed by atoms with Gasteiger partial charge in [0.1, 0.15) is 5.82 Å². The minimum atomic E-state index is -4.73. The lowest BCUT2D eigenvalue weighted by atomic mass is 10.1. The molecule has 3 aromatic heterocycles. The molecule has 1 unspecified atom stereocenters. The second kappa shape index (κ2) is 9.12. The summed E-state index contributed by atoms with van der Waals surface area (Å²) >= 11 is 0. The zero-order valence-electron chi connectivity index (χ0n) is 19.3. The van der Waals surface area contributed by atoms with Gasteiger partial charge in [-0.15, -0.1) is 0 Å². The Bertz CT molecular complexity index is 1490. The van der Waals surface area contributed by atoms with Crippen LogP contribution in [0.1, 0.15) is 35.5 Å². The third-order valence-corrected chi connectivity index (χ3v) is 4.93. The van der Waals surface area contributed by atoms with Crippen molar-refractivity contribution in [2.45, 2.75) is 26.5 Å². The van der Waals surface area contributed by atoms with Gasteiger partial charge in [-0.05, 0) is 43.3 Å². The van der Waals surface area contributed by atoms with E-state index in [-0.39, 0.29) is 17.2 Å². The topological polar surface area (TPSA) is 101 Å². The highest BCUT2D eigenvalue weighted by atomic mass is 19.4. The largest absolute Gasteiger partial charge is 0.416 e. The molecular formula is C23H18F4N6O2. The number of aryl methyl sites for hydroxylation is 1. The van der Waals surface area contributed by atoms with Crippen molar-refractivity contribution in [1.82, 2.24) is 24.9 Å². The molecule has 2 amide bonds. The van der Waals surface area contributed by atoms with Crippen molar-refractivity contribution in [3.8, 4) is 11.3 Å². The second-order valence-corrected chi connectivity index (χ2v) is 7.54. The Morgan fingerprint density at radius 3 is 2.66 bits per heavy atom. The molecule has 2 N–H and O–H groups in total. The molecule has 0 fully saturated rings. The number of hydrogen-bond acceptors (Lipinski definition) is 5. The highest BCUT2D eigenvalue weighted by Gasteiger charge is 2.31. The first kappa shape index (κ1) is 22.4. The first-order valence-electron chi connectivity index (χ1n) is 10.7. The number of halogens is 4. The molecule has 1 aromatic carbocycles. The third-order valence-electron chi connectivity index (χ3n) is 4.93. The van der Waals surface area contributed by atoms with Gasteiger partial charge in [-0.25, -0.2) is 13.9 Å². The van der Waals surface area contributed by atoms with Gasteiger partial charge in [0, 0.05) is 30.8 Å². The number of fused-ring (bicyclic) bond motifs is 1. The lowest BCUT2D eigenvalue weighted by molar-refractivity contribution is -0.137. The number of amides is 2. The molecule has 4 rings (SSSR count). The van der Waals surface area contributed by atoms with Crippen LogP contribution in [0.2, 0.25) is 0 Å². The highest BCUT2D eigenvalue weighted by molar-refractivity contribution is 5.96. The number of nitrogens with zero attached hydrogens (tertiary/aromatic N) is 4. The zero-order valence-corrected chi connectivity index (χ0v) is 18.3. The average molecular weight is 487 g/mol. The van der Waals surface area contributed by atoms with Crippen molar-refractivity contribution >= 4 is 23.3 Å².